The molecule has 2 aliphatic heterocycles. The number of thiol groups is 1. The average Bonchev–Trinajstić information content (AvgIpc) is 2.61. The Bertz CT molecular complexity index is 226. The lowest BCUT2D eigenvalue weighted by atomic mass is 10.3. The van der Waals surface area contributed by atoms with E-state index in [0.717, 1.165) is 17.3 Å². The molecule has 0 unspecified atom stereocenters. The third-order valence-electron chi connectivity index (χ3n) is 2.32. The summed E-state index contributed by atoms with van der Waals surface area (Å²) >= 11 is 7.61. The predicted molar refractivity (Wildman–Crippen MR) is 59.6 cm³/mol. The van der Waals surface area contributed by atoms with E-state index in [-0.39, 0.29) is 5.37 Å². The first-order valence-corrected chi connectivity index (χ1v) is 6.81. The second kappa shape index (κ2) is 3.92. The maximum Gasteiger partial charge on any atom is 0.331 e. The topological polar surface area (TPSA) is 40.5 Å². The summed E-state index contributed by atoms with van der Waals surface area (Å²) in [5.74, 6) is 2.05. The summed E-state index contributed by atoms with van der Waals surface area (Å²) in [6.45, 7) is 0. The number of thioether (sulfide) groups is 2. The number of rotatable bonds is 2. The zero-order valence-electron chi connectivity index (χ0n) is 6.92. The molecule has 0 aromatic rings. The zero-order chi connectivity index (χ0) is 9.42. The summed E-state index contributed by atoms with van der Waals surface area (Å²) < 4.78 is 0. The summed E-state index contributed by atoms with van der Waals surface area (Å²) in [4.78, 5) is 13.0. The van der Waals surface area contributed by atoms with Crippen LogP contribution in [0.25, 0.3) is 0 Å². The summed E-state index contributed by atoms with van der Waals surface area (Å²) in [6.07, 6.45) is 0. The number of carboxylic acids is 1. The van der Waals surface area contributed by atoms with Crippen LogP contribution in [0.4, 0.5) is 0 Å². The maximum atomic E-state index is 10.9. The summed E-state index contributed by atoms with van der Waals surface area (Å²) in [5.41, 5.74) is 0. The molecule has 3 atom stereocenters. The van der Waals surface area contributed by atoms with Gasteiger partial charge in [-0.05, 0) is 0 Å². The Morgan fingerprint density at radius 1 is 1.54 bits per heavy atom. The fourth-order valence-electron chi connectivity index (χ4n) is 1.74. The highest BCUT2D eigenvalue weighted by atomic mass is 32.2. The van der Waals surface area contributed by atoms with Crippen molar-refractivity contribution in [2.45, 2.75) is 16.8 Å². The fourth-order valence-corrected chi connectivity index (χ4v) is 5.11. The molecule has 3 nitrogen and oxygen atoms in total. The highest BCUT2D eigenvalue weighted by Crippen LogP contribution is 2.41. The number of fused-ring (bicyclic) bond motifs is 1. The Labute approximate surface area is 91.0 Å². The molecule has 74 valence electrons. The lowest BCUT2D eigenvalue weighted by molar-refractivity contribution is -0.139. The number of aliphatic carboxylic acids is 1. The Hall–Kier alpha value is 0.480. The normalized spacial score (nSPS) is 39.3. The lowest BCUT2D eigenvalue weighted by Gasteiger charge is -2.24. The van der Waals surface area contributed by atoms with Gasteiger partial charge < -0.3 is 5.11 Å². The Morgan fingerprint density at radius 2 is 2.23 bits per heavy atom. The van der Waals surface area contributed by atoms with Crippen LogP contribution in [0.2, 0.25) is 0 Å². The summed E-state index contributed by atoms with van der Waals surface area (Å²) in [6, 6.07) is 0.452. The fraction of sp³-hybridized carbons (Fsp3) is 0.857. The molecule has 1 N–H and O–H groups in total. The molecule has 0 saturated carbocycles. The second-order valence-electron chi connectivity index (χ2n) is 3.10. The summed E-state index contributed by atoms with van der Waals surface area (Å²) in [7, 11) is 0. The van der Waals surface area contributed by atoms with E-state index in [0.29, 0.717) is 11.4 Å². The molecule has 0 amide bonds. The van der Waals surface area contributed by atoms with Crippen LogP contribution < -0.4 is 0 Å². The van der Waals surface area contributed by atoms with Crippen molar-refractivity contribution >= 4 is 42.1 Å². The predicted octanol–water partition coefficient (Wildman–Crippen LogP) is 0.817. The van der Waals surface area contributed by atoms with Crippen LogP contribution in [-0.4, -0.2) is 50.0 Å². The third-order valence-corrected chi connectivity index (χ3v) is 5.62. The molecular formula is C7H11NO2S3. The largest absolute Gasteiger partial charge is 0.479 e. The molecule has 0 spiro atoms. The highest BCUT2D eigenvalue weighted by molar-refractivity contribution is 8.02. The van der Waals surface area contributed by atoms with Gasteiger partial charge in [-0.15, -0.1) is 23.5 Å². The van der Waals surface area contributed by atoms with Crippen molar-refractivity contribution < 1.29 is 9.90 Å². The molecule has 0 bridgehead atoms. The van der Waals surface area contributed by atoms with Crippen molar-refractivity contribution in [3.63, 3.8) is 0 Å². The van der Waals surface area contributed by atoms with E-state index in [9.17, 15) is 4.79 Å². The van der Waals surface area contributed by atoms with Crippen molar-refractivity contribution in [2.75, 3.05) is 17.3 Å². The molecule has 2 aliphatic rings. The molecule has 0 aromatic heterocycles. The third kappa shape index (κ3) is 1.69. The Morgan fingerprint density at radius 3 is 2.85 bits per heavy atom. The second-order valence-corrected chi connectivity index (χ2v) is 5.78. The minimum atomic E-state index is -0.707. The molecular weight excluding hydrogens is 226 g/mol. The first-order valence-electron chi connectivity index (χ1n) is 4.08. The zero-order valence-corrected chi connectivity index (χ0v) is 9.45. The molecule has 0 aromatic carbocycles. The van der Waals surface area contributed by atoms with Crippen molar-refractivity contribution in [3.8, 4) is 0 Å². The smallest absolute Gasteiger partial charge is 0.331 e. The van der Waals surface area contributed by atoms with Crippen LogP contribution in [0.1, 0.15) is 0 Å². The highest BCUT2D eigenvalue weighted by Gasteiger charge is 2.46. The summed E-state index contributed by atoms with van der Waals surface area (Å²) in [5, 5.41) is 8.94. The number of carbonyl (C=O) groups is 1. The van der Waals surface area contributed by atoms with E-state index in [1.807, 2.05) is 11.8 Å². The van der Waals surface area contributed by atoms with E-state index in [4.69, 9.17) is 5.11 Å². The lowest BCUT2D eigenvalue weighted by Crippen LogP contribution is -2.42. The molecule has 2 saturated heterocycles. The molecule has 6 heteroatoms. The van der Waals surface area contributed by atoms with Crippen molar-refractivity contribution in [3.05, 3.63) is 0 Å². The van der Waals surface area contributed by atoms with E-state index in [1.54, 1.807) is 11.8 Å². The maximum absolute atomic E-state index is 10.9. The standard InChI is InChI=1S/C7H11NO2S3/c9-7(10)6-8-4(3-13-6)2-12-5(8)1-11/h4-6,11H,1-3H2,(H,9,10)/t4-,5-,6+/m0/s1. The van der Waals surface area contributed by atoms with Crippen LogP contribution in [0, 0.1) is 0 Å². The van der Waals surface area contributed by atoms with Crippen LogP contribution in [0.3, 0.4) is 0 Å². The van der Waals surface area contributed by atoms with E-state index < -0.39 is 5.97 Å². The van der Waals surface area contributed by atoms with E-state index in [1.165, 1.54) is 0 Å². The molecule has 0 radical (unpaired) electrons. The molecule has 13 heavy (non-hydrogen) atoms. The van der Waals surface area contributed by atoms with Gasteiger partial charge in [0, 0.05) is 23.3 Å². The van der Waals surface area contributed by atoms with Gasteiger partial charge in [0.1, 0.15) is 0 Å². The van der Waals surface area contributed by atoms with Gasteiger partial charge in [0.2, 0.25) is 0 Å². The van der Waals surface area contributed by atoms with Gasteiger partial charge in [-0.2, -0.15) is 12.6 Å². The van der Waals surface area contributed by atoms with Crippen LogP contribution in [0.15, 0.2) is 0 Å². The number of nitrogens with zero attached hydrogens (tertiary/aromatic N) is 1. The van der Waals surface area contributed by atoms with Gasteiger partial charge in [-0.1, -0.05) is 0 Å². The van der Waals surface area contributed by atoms with E-state index >= 15 is 0 Å². The molecule has 2 rings (SSSR count). The van der Waals surface area contributed by atoms with Crippen LogP contribution in [0.5, 0.6) is 0 Å². The molecule has 2 heterocycles. The minimum Gasteiger partial charge on any atom is -0.479 e. The van der Waals surface area contributed by atoms with Gasteiger partial charge in [-0.25, -0.2) is 4.79 Å². The number of carboxylic acid groups (broad SMARTS) is 1. The van der Waals surface area contributed by atoms with Gasteiger partial charge in [-0.3, -0.25) is 4.90 Å². The number of hydrogen-bond donors (Lipinski definition) is 2. The first kappa shape index (κ1) is 10.0. The monoisotopic (exact) mass is 237 g/mol. The average molecular weight is 237 g/mol. The molecule has 0 aliphatic carbocycles. The van der Waals surface area contributed by atoms with Gasteiger partial charge in [0.05, 0.1) is 5.37 Å². The Kier molecular flexibility index (Phi) is 3.02. The number of hydrogen-bond acceptors (Lipinski definition) is 5. The Balaban J connectivity index is 2.12. The van der Waals surface area contributed by atoms with Gasteiger partial charge in [0.15, 0.2) is 5.37 Å². The van der Waals surface area contributed by atoms with Gasteiger partial charge >= 0.3 is 5.97 Å². The van der Waals surface area contributed by atoms with Crippen LogP contribution in [-0.2, 0) is 4.79 Å². The minimum absolute atomic E-state index is 0.296. The van der Waals surface area contributed by atoms with Crippen LogP contribution >= 0.6 is 36.2 Å². The van der Waals surface area contributed by atoms with E-state index in [2.05, 4.69) is 17.5 Å². The quantitative estimate of drug-likeness (QED) is 0.696. The van der Waals surface area contributed by atoms with Crippen molar-refractivity contribution in [1.29, 1.82) is 0 Å². The van der Waals surface area contributed by atoms with Crippen molar-refractivity contribution in [1.82, 2.24) is 4.90 Å². The van der Waals surface area contributed by atoms with Crippen molar-refractivity contribution in [2.24, 2.45) is 0 Å². The van der Waals surface area contributed by atoms with Gasteiger partial charge in [0.25, 0.3) is 0 Å². The first-order chi connectivity index (χ1) is 6.24. The SMILES string of the molecule is O=C(O)[C@H]1SC[C@@H]2CS[C@@H](CS)N21. The molecule has 2 fully saturated rings.